The molecule has 6 aromatic rings. The quantitative estimate of drug-likeness (QED) is 0.262. The van der Waals surface area contributed by atoms with Crippen LogP contribution in [0.3, 0.4) is 0 Å². The molecule has 0 nitrogen and oxygen atoms in total. The molecule has 0 unspecified atom stereocenters. The average molecular weight is 421 g/mol. The summed E-state index contributed by atoms with van der Waals surface area (Å²) in [4.78, 5) is 0. The number of thiophene rings is 1. The molecule has 6 rings (SSSR count). The molecule has 0 aliphatic rings. The highest BCUT2D eigenvalue weighted by atomic mass is 35.5. The van der Waals surface area contributed by atoms with Gasteiger partial charge in [-0.05, 0) is 45.7 Å². The van der Waals surface area contributed by atoms with Crippen molar-refractivity contribution in [1.29, 1.82) is 0 Å². The first-order valence-corrected chi connectivity index (χ1v) is 11.2. The van der Waals surface area contributed by atoms with Crippen molar-refractivity contribution >= 4 is 53.9 Å². The zero-order valence-electron chi connectivity index (χ0n) is 16.1. The summed E-state index contributed by atoms with van der Waals surface area (Å²) in [6, 6.07) is 36.6. The third-order valence-corrected chi connectivity index (χ3v) is 7.29. The summed E-state index contributed by atoms with van der Waals surface area (Å²) in [5.74, 6) is 0. The molecule has 1 heterocycles. The average Bonchev–Trinajstić information content (AvgIpc) is 3.19. The summed E-state index contributed by atoms with van der Waals surface area (Å²) < 4.78 is 2.51. The lowest BCUT2D eigenvalue weighted by Crippen LogP contribution is -1.83. The maximum absolute atomic E-state index is 6.93. The van der Waals surface area contributed by atoms with Gasteiger partial charge in [-0.15, -0.1) is 11.3 Å². The van der Waals surface area contributed by atoms with Crippen molar-refractivity contribution in [3.8, 4) is 22.3 Å². The Hall–Kier alpha value is -3.13. The van der Waals surface area contributed by atoms with E-state index in [1.54, 1.807) is 11.3 Å². The van der Waals surface area contributed by atoms with Crippen LogP contribution in [0.1, 0.15) is 0 Å². The summed E-state index contributed by atoms with van der Waals surface area (Å²) in [7, 11) is 0. The van der Waals surface area contributed by atoms with Crippen LogP contribution >= 0.6 is 22.9 Å². The predicted octanol–water partition coefficient (Wildman–Crippen LogP) is 9.20. The van der Waals surface area contributed by atoms with Gasteiger partial charge in [0.2, 0.25) is 0 Å². The van der Waals surface area contributed by atoms with Crippen LogP contribution in [0.2, 0.25) is 5.02 Å². The van der Waals surface area contributed by atoms with Gasteiger partial charge in [-0.3, -0.25) is 0 Å². The molecule has 0 atom stereocenters. The first kappa shape index (κ1) is 17.7. The van der Waals surface area contributed by atoms with Gasteiger partial charge in [0.15, 0.2) is 0 Å². The third-order valence-electron chi connectivity index (χ3n) is 5.76. The van der Waals surface area contributed by atoms with E-state index in [4.69, 9.17) is 11.6 Å². The second-order valence-corrected chi connectivity index (χ2v) is 9.00. The molecule has 0 aliphatic heterocycles. The molecule has 5 aromatic carbocycles. The topological polar surface area (TPSA) is 0 Å². The van der Waals surface area contributed by atoms with Crippen LogP contribution in [0, 0.1) is 0 Å². The van der Waals surface area contributed by atoms with E-state index in [-0.39, 0.29) is 0 Å². The van der Waals surface area contributed by atoms with Gasteiger partial charge in [0.1, 0.15) is 0 Å². The predicted molar refractivity (Wildman–Crippen MR) is 133 cm³/mol. The summed E-state index contributed by atoms with van der Waals surface area (Å²) >= 11 is 8.72. The zero-order valence-corrected chi connectivity index (χ0v) is 17.7. The SMILES string of the molecule is Clc1c(-c2ccc(-c3ccc4ccccc4c3)cc2)ccc2sc3ccccc3c12. The normalized spacial score (nSPS) is 11.5. The maximum Gasteiger partial charge on any atom is 0.0577 e. The fourth-order valence-electron chi connectivity index (χ4n) is 4.21. The minimum Gasteiger partial charge on any atom is -0.135 e. The Morgan fingerprint density at radius 2 is 1.23 bits per heavy atom. The molecule has 0 spiro atoms. The molecule has 0 N–H and O–H groups in total. The van der Waals surface area contributed by atoms with Crippen molar-refractivity contribution in [1.82, 2.24) is 0 Å². The van der Waals surface area contributed by atoms with Crippen molar-refractivity contribution in [2.24, 2.45) is 0 Å². The van der Waals surface area contributed by atoms with Crippen LogP contribution in [-0.2, 0) is 0 Å². The Balaban J connectivity index is 1.44. The number of fused-ring (bicyclic) bond motifs is 4. The highest BCUT2D eigenvalue weighted by Crippen LogP contribution is 2.42. The number of rotatable bonds is 2. The molecular formula is C28H17ClS. The van der Waals surface area contributed by atoms with Crippen molar-refractivity contribution in [3.63, 3.8) is 0 Å². The minimum atomic E-state index is 0.836. The monoisotopic (exact) mass is 420 g/mol. The highest BCUT2D eigenvalue weighted by molar-refractivity contribution is 7.26. The van der Waals surface area contributed by atoms with Gasteiger partial charge in [-0.25, -0.2) is 0 Å². The van der Waals surface area contributed by atoms with Crippen molar-refractivity contribution in [3.05, 3.63) is 108 Å². The molecule has 0 radical (unpaired) electrons. The van der Waals surface area contributed by atoms with E-state index >= 15 is 0 Å². The van der Waals surface area contributed by atoms with E-state index in [9.17, 15) is 0 Å². The summed E-state index contributed by atoms with van der Waals surface area (Å²) in [6.07, 6.45) is 0. The zero-order chi connectivity index (χ0) is 20.1. The van der Waals surface area contributed by atoms with Gasteiger partial charge in [0.25, 0.3) is 0 Å². The first-order chi connectivity index (χ1) is 14.8. The molecule has 142 valence electrons. The summed E-state index contributed by atoms with van der Waals surface area (Å²) in [5.41, 5.74) is 4.66. The number of hydrogen-bond donors (Lipinski definition) is 0. The fourth-order valence-corrected chi connectivity index (χ4v) is 5.75. The first-order valence-electron chi connectivity index (χ1n) is 9.97. The van der Waals surface area contributed by atoms with E-state index in [2.05, 4.69) is 103 Å². The number of hydrogen-bond acceptors (Lipinski definition) is 1. The van der Waals surface area contributed by atoms with Crippen LogP contribution in [0.5, 0.6) is 0 Å². The Morgan fingerprint density at radius 1 is 0.533 bits per heavy atom. The second-order valence-electron chi connectivity index (χ2n) is 7.54. The van der Waals surface area contributed by atoms with Gasteiger partial charge >= 0.3 is 0 Å². The molecule has 0 amide bonds. The maximum atomic E-state index is 6.93. The molecule has 0 saturated heterocycles. The van der Waals surface area contributed by atoms with Crippen LogP contribution in [-0.4, -0.2) is 0 Å². The molecule has 2 heteroatoms. The van der Waals surface area contributed by atoms with Gasteiger partial charge < -0.3 is 0 Å². The Morgan fingerprint density at radius 3 is 2.10 bits per heavy atom. The summed E-state index contributed by atoms with van der Waals surface area (Å²) in [5, 5.41) is 5.76. The molecule has 0 fully saturated rings. The molecule has 0 aliphatic carbocycles. The van der Waals surface area contributed by atoms with Crippen molar-refractivity contribution < 1.29 is 0 Å². The molecule has 30 heavy (non-hydrogen) atoms. The largest absolute Gasteiger partial charge is 0.135 e. The van der Waals surface area contributed by atoms with Gasteiger partial charge in [-0.2, -0.15) is 0 Å². The van der Waals surface area contributed by atoms with Crippen LogP contribution in [0.4, 0.5) is 0 Å². The van der Waals surface area contributed by atoms with Crippen LogP contribution in [0.15, 0.2) is 103 Å². The van der Waals surface area contributed by atoms with E-state index in [1.165, 1.54) is 36.7 Å². The third kappa shape index (κ3) is 2.82. The molecular weight excluding hydrogens is 404 g/mol. The van der Waals surface area contributed by atoms with E-state index in [0.29, 0.717) is 0 Å². The van der Waals surface area contributed by atoms with E-state index in [1.807, 2.05) is 0 Å². The molecule has 0 bridgehead atoms. The second kappa shape index (κ2) is 6.98. The smallest absolute Gasteiger partial charge is 0.0577 e. The van der Waals surface area contributed by atoms with Crippen molar-refractivity contribution in [2.45, 2.75) is 0 Å². The van der Waals surface area contributed by atoms with Crippen LogP contribution in [0.25, 0.3) is 53.2 Å². The Kier molecular flexibility index (Phi) is 4.12. The fraction of sp³-hybridized carbons (Fsp3) is 0. The lowest BCUT2D eigenvalue weighted by Gasteiger charge is -2.09. The number of halogens is 1. The van der Waals surface area contributed by atoms with Gasteiger partial charge in [-0.1, -0.05) is 96.5 Å². The van der Waals surface area contributed by atoms with E-state index < -0.39 is 0 Å². The van der Waals surface area contributed by atoms with E-state index in [0.717, 1.165) is 21.5 Å². The highest BCUT2D eigenvalue weighted by Gasteiger charge is 2.13. The van der Waals surface area contributed by atoms with Crippen molar-refractivity contribution in [2.75, 3.05) is 0 Å². The Labute approximate surface area is 184 Å². The lowest BCUT2D eigenvalue weighted by atomic mass is 9.97. The Bertz CT molecular complexity index is 1540. The standard InChI is InChI=1S/C28H17ClS/c29-28-23(15-16-26-27(28)24-7-3-4-8-25(24)30-26)20-12-9-19(10-13-20)22-14-11-18-5-1-2-6-21(18)17-22/h1-17H. The molecule has 1 aromatic heterocycles. The lowest BCUT2D eigenvalue weighted by molar-refractivity contribution is 1.62. The van der Waals surface area contributed by atoms with Gasteiger partial charge in [0.05, 0.1) is 5.02 Å². The molecule has 0 saturated carbocycles. The number of benzene rings is 5. The van der Waals surface area contributed by atoms with Gasteiger partial charge in [0, 0.05) is 25.7 Å². The van der Waals surface area contributed by atoms with Crippen LogP contribution < -0.4 is 0 Å². The summed E-state index contributed by atoms with van der Waals surface area (Å²) in [6.45, 7) is 0. The minimum absolute atomic E-state index is 0.836.